The van der Waals surface area contributed by atoms with Gasteiger partial charge in [-0.1, -0.05) is 41.5 Å². The highest BCUT2D eigenvalue weighted by atomic mass is 28.4. The summed E-state index contributed by atoms with van der Waals surface area (Å²) in [7, 11) is -0.497. The van der Waals surface area contributed by atoms with Gasteiger partial charge in [0.25, 0.3) is 8.32 Å². The molecule has 1 aliphatic rings. The molecule has 9 heteroatoms. The third kappa shape index (κ3) is 6.21. The van der Waals surface area contributed by atoms with Crippen LogP contribution in [0.4, 0.5) is 0 Å². The fourth-order valence-corrected chi connectivity index (χ4v) is 12.4. The number of methoxy groups -OCH3 is 1. The van der Waals surface area contributed by atoms with Crippen LogP contribution in [0.2, 0.25) is 16.6 Å². The molecule has 1 fully saturated rings. The van der Waals surface area contributed by atoms with Crippen molar-refractivity contribution in [1.29, 1.82) is 0 Å². The van der Waals surface area contributed by atoms with Crippen LogP contribution in [0, 0.1) is 0 Å². The van der Waals surface area contributed by atoms with Gasteiger partial charge < -0.3 is 19.2 Å². The molecular weight excluding hydrogens is 518 g/mol. The summed E-state index contributed by atoms with van der Waals surface area (Å²) in [5.74, 6) is 1.50. The van der Waals surface area contributed by atoms with E-state index in [1.54, 1.807) is 7.11 Å². The summed E-state index contributed by atoms with van der Waals surface area (Å²) in [4.78, 5) is 0. The predicted octanol–water partition coefficient (Wildman–Crippen LogP) is 7.51. The lowest BCUT2D eigenvalue weighted by Gasteiger charge is -2.46. The van der Waals surface area contributed by atoms with Crippen molar-refractivity contribution in [2.24, 2.45) is 0 Å². The molecule has 3 heterocycles. The Labute approximate surface area is 241 Å². The van der Waals surface area contributed by atoms with Gasteiger partial charge in [-0.05, 0) is 75.4 Å². The van der Waals surface area contributed by atoms with Crippen molar-refractivity contribution in [3.63, 3.8) is 0 Å². The van der Waals surface area contributed by atoms with Gasteiger partial charge in [0, 0.05) is 41.4 Å². The van der Waals surface area contributed by atoms with Gasteiger partial charge in [-0.25, -0.2) is 0 Å². The molecule has 1 N–H and O–H groups in total. The molecule has 0 atom stereocenters. The number of nitrogens with one attached hydrogen (secondary N) is 1. The molecular formula is C31H49N5O3Si. The lowest BCUT2D eigenvalue weighted by molar-refractivity contribution is 0.0514. The van der Waals surface area contributed by atoms with Crippen molar-refractivity contribution in [3.05, 3.63) is 30.5 Å². The molecule has 0 bridgehead atoms. The van der Waals surface area contributed by atoms with Crippen molar-refractivity contribution < 1.29 is 13.9 Å². The standard InChI is InChI=1S/C31H49N5O3Si/c1-20(2)40(21(3)4,22(5)6)39-25-12-13-26(28(15-25)38-19-37-11)27-14-23-18-36(34-29(23)33-32-27)24-16-30(7,8)35-31(9,10)17-24/h12-15,18,20-22,24,35H,16-17,19H2,1-11H3. The van der Waals surface area contributed by atoms with E-state index in [-0.39, 0.29) is 23.9 Å². The lowest BCUT2D eigenvalue weighted by Crippen LogP contribution is -2.58. The zero-order chi connectivity index (χ0) is 29.5. The summed E-state index contributed by atoms with van der Waals surface area (Å²) in [6.45, 7) is 22.9. The molecule has 40 heavy (non-hydrogen) atoms. The van der Waals surface area contributed by atoms with Gasteiger partial charge >= 0.3 is 0 Å². The van der Waals surface area contributed by atoms with Crippen LogP contribution in [0.5, 0.6) is 11.5 Å². The van der Waals surface area contributed by atoms with Crippen molar-refractivity contribution >= 4 is 19.4 Å². The van der Waals surface area contributed by atoms with Crippen LogP contribution in [0.1, 0.15) is 88.1 Å². The number of benzene rings is 1. The first-order valence-corrected chi connectivity index (χ1v) is 16.8. The van der Waals surface area contributed by atoms with Crippen LogP contribution in [0.3, 0.4) is 0 Å². The first-order chi connectivity index (χ1) is 18.7. The number of fused-ring (bicyclic) bond motifs is 1. The van der Waals surface area contributed by atoms with Crippen LogP contribution < -0.4 is 14.5 Å². The van der Waals surface area contributed by atoms with Gasteiger partial charge in [0.1, 0.15) is 11.5 Å². The minimum atomic E-state index is -2.12. The second kappa shape index (κ2) is 11.4. The van der Waals surface area contributed by atoms with Crippen molar-refractivity contribution in [2.45, 2.75) is 116 Å². The molecule has 4 rings (SSSR count). The van der Waals surface area contributed by atoms with E-state index in [0.717, 1.165) is 35.2 Å². The van der Waals surface area contributed by atoms with Gasteiger partial charge in [-0.2, -0.15) is 5.10 Å². The molecule has 3 aromatic rings. The lowest BCUT2D eigenvalue weighted by atomic mass is 9.80. The molecule has 0 amide bonds. The highest BCUT2D eigenvalue weighted by molar-refractivity contribution is 6.78. The summed E-state index contributed by atoms with van der Waals surface area (Å²) in [6.07, 6.45) is 4.10. The molecule has 0 aliphatic carbocycles. The van der Waals surface area contributed by atoms with Gasteiger partial charge in [-0.15, -0.1) is 10.2 Å². The molecule has 1 aromatic carbocycles. The van der Waals surface area contributed by atoms with E-state index in [1.807, 2.05) is 24.3 Å². The normalized spacial score (nSPS) is 17.8. The summed E-state index contributed by atoms with van der Waals surface area (Å²) >= 11 is 0. The maximum absolute atomic E-state index is 6.94. The largest absolute Gasteiger partial charge is 0.543 e. The molecule has 220 valence electrons. The number of hydrogen-bond acceptors (Lipinski definition) is 7. The number of nitrogens with zero attached hydrogens (tertiary/aromatic N) is 4. The van der Waals surface area contributed by atoms with Gasteiger partial charge in [-0.3, -0.25) is 4.68 Å². The second-order valence-corrected chi connectivity index (χ2v) is 19.1. The van der Waals surface area contributed by atoms with Crippen molar-refractivity contribution in [1.82, 2.24) is 25.3 Å². The Morgan fingerprint density at radius 2 is 1.57 bits per heavy atom. The van der Waals surface area contributed by atoms with Gasteiger partial charge in [0.05, 0.1) is 11.7 Å². The number of hydrogen-bond donors (Lipinski definition) is 1. The Kier molecular flexibility index (Phi) is 8.69. The van der Waals surface area contributed by atoms with Crippen molar-refractivity contribution in [3.8, 4) is 22.8 Å². The number of ether oxygens (including phenoxy) is 2. The maximum atomic E-state index is 6.94. The van der Waals surface area contributed by atoms with E-state index in [4.69, 9.17) is 19.0 Å². The van der Waals surface area contributed by atoms with E-state index in [0.29, 0.717) is 28.0 Å². The van der Waals surface area contributed by atoms with E-state index >= 15 is 0 Å². The molecule has 0 radical (unpaired) electrons. The fraction of sp³-hybridized carbons (Fsp3) is 0.645. The van der Waals surface area contributed by atoms with E-state index in [2.05, 4.69) is 95.6 Å². The van der Waals surface area contributed by atoms with Gasteiger partial charge in [0.15, 0.2) is 6.79 Å². The summed E-state index contributed by atoms with van der Waals surface area (Å²) in [6, 6.07) is 8.39. The molecule has 1 aliphatic heterocycles. The molecule has 2 aromatic heterocycles. The monoisotopic (exact) mass is 567 g/mol. The van der Waals surface area contributed by atoms with Crippen LogP contribution in [0.25, 0.3) is 22.3 Å². The van der Waals surface area contributed by atoms with Crippen LogP contribution in [-0.4, -0.2) is 53.3 Å². The van der Waals surface area contributed by atoms with Crippen LogP contribution in [0.15, 0.2) is 30.5 Å². The maximum Gasteiger partial charge on any atom is 0.258 e. The third-order valence-electron chi connectivity index (χ3n) is 8.39. The Bertz CT molecular complexity index is 1280. The number of piperidine rings is 1. The van der Waals surface area contributed by atoms with E-state index in [1.165, 1.54) is 0 Å². The number of aromatic nitrogens is 4. The predicted molar refractivity (Wildman–Crippen MR) is 165 cm³/mol. The fourth-order valence-electron chi connectivity index (χ4n) is 7.20. The first-order valence-electron chi connectivity index (χ1n) is 14.6. The quantitative estimate of drug-likeness (QED) is 0.200. The average molecular weight is 568 g/mol. The van der Waals surface area contributed by atoms with Gasteiger partial charge in [0.2, 0.25) is 5.65 Å². The Balaban J connectivity index is 1.70. The molecule has 0 saturated carbocycles. The first kappa shape index (κ1) is 30.5. The molecule has 0 unspecified atom stereocenters. The van der Waals surface area contributed by atoms with E-state index < -0.39 is 8.32 Å². The zero-order valence-electron chi connectivity index (χ0n) is 26.3. The molecule has 0 spiro atoms. The topological polar surface area (TPSA) is 83.3 Å². The minimum Gasteiger partial charge on any atom is -0.543 e. The SMILES string of the molecule is COCOc1cc(O[Si](C(C)C)(C(C)C)C(C)C)ccc1-c1cc2cn(C3CC(C)(C)NC(C)(C)C3)nc2nn1. The summed E-state index contributed by atoms with van der Waals surface area (Å²) in [5, 5.41) is 18.6. The average Bonchev–Trinajstić information content (AvgIpc) is 3.27. The number of rotatable bonds is 10. The zero-order valence-corrected chi connectivity index (χ0v) is 27.3. The smallest absolute Gasteiger partial charge is 0.258 e. The third-order valence-corrected chi connectivity index (χ3v) is 14.4. The van der Waals surface area contributed by atoms with Crippen LogP contribution >= 0.6 is 0 Å². The highest BCUT2D eigenvalue weighted by Gasteiger charge is 2.47. The van der Waals surface area contributed by atoms with E-state index in [9.17, 15) is 0 Å². The highest BCUT2D eigenvalue weighted by Crippen LogP contribution is 2.44. The Morgan fingerprint density at radius 3 is 2.15 bits per heavy atom. The summed E-state index contributed by atoms with van der Waals surface area (Å²) < 4.78 is 20.3. The molecule has 8 nitrogen and oxygen atoms in total. The Hall–Kier alpha value is -2.49. The Morgan fingerprint density at radius 1 is 0.950 bits per heavy atom. The van der Waals surface area contributed by atoms with Crippen molar-refractivity contribution in [2.75, 3.05) is 13.9 Å². The second-order valence-electron chi connectivity index (χ2n) is 13.7. The minimum absolute atomic E-state index is 0.0277. The molecule has 1 saturated heterocycles. The van der Waals surface area contributed by atoms with Crippen LogP contribution in [-0.2, 0) is 4.74 Å². The summed E-state index contributed by atoms with van der Waals surface area (Å²) in [5.41, 5.74) is 3.69.